The molecule has 0 amide bonds. The van der Waals surface area contributed by atoms with Gasteiger partial charge in [0.15, 0.2) is 0 Å². The molecule has 1 aromatic rings. The summed E-state index contributed by atoms with van der Waals surface area (Å²) in [4.78, 5) is 11.8. The van der Waals surface area contributed by atoms with E-state index in [4.69, 9.17) is 5.73 Å². The SMILES string of the molecule is CC(N)CCCn1ccn(C(C)C)c1=O. The maximum Gasteiger partial charge on any atom is 0.328 e. The first-order valence-corrected chi connectivity index (χ1v) is 5.55. The smallest absolute Gasteiger partial charge is 0.328 e. The molecule has 0 bridgehead atoms. The van der Waals surface area contributed by atoms with Crippen LogP contribution in [0.5, 0.6) is 0 Å². The molecular formula is C11H21N3O. The van der Waals surface area contributed by atoms with Crippen LogP contribution in [0.2, 0.25) is 0 Å². The summed E-state index contributed by atoms with van der Waals surface area (Å²) < 4.78 is 3.49. The molecule has 0 aliphatic heterocycles. The maximum atomic E-state index is 11.8. The maximum absolute atomic E-state index is 11.8. The first-order valence-electron chi connectivity index (χ1n) is 5.55. The number of imidazole rings is 1. The van der Waals surface area contributed by atoms with Crippen molar-refractivity contribution in [1.82, 2.24) is 9.13 Å². The molecule has 4 nitrogen and oxygen atoms in total. The van der Waals surface area contributed by atoms with Gasteiger partial charge in [0.2, 0.25) is 0 Å². The summed E-state index contributed by atoms with van der Waals surface area (Å²) in [6.45, 7) is 6.77. The monoisotopic (exact) mass is 211 g/mol. The average molecular weight is 211 g/mol. The molecule has 15 heavy (non-hydrogen) atoms. The molecule has 0 spiro atoms. The van der Waals surface area contributed by atoms with E-state index in [0.29, 0.717) is 0 Å². The van der Waals surface area contributed by atoms with Gasteiger partial charge in [-0.3, -0.25) is 9.13 Å². The molecule has 86 valence electrons. The van der Waals surface area contributed by atoms with Crippen LogP contribution < -0.4 is 11.4 Å². The number of nitrogens with zero attached hydrogens (tertiary/aromatic N) is 2. The largest absolute Gasteiger partial charge is 0.328 e. The van der Waals surface area contributed by atoms with Crippen molar-refractivity contribution in [1.29, 1.82) is 0 Å². The molecule has 4 heteroatoms. The molecule has 0 radical (unpaired) electrons. The van der Waals surface area contributed by atoms with E-state index >= 15 is 0 Å². The number of nitrogens with two attached hydrogens (primary N) is 1. The second-order valence-electron chi connectivity index (χ2n) is 4.39. The molecule has 0 aliphatic carbocycles. The lowest BCUT2D eigenvalue weighted by Gasteiger charge is -2.06. The topological polar surface area (TPSA) is 52.9 Å². The van der Waals surface area contributed by atoms with Gasteiger partial charge in [-0.2, -0.15) is 0 Å². The van der Waals surface area contributed by atoms with Crippen molar-refractivity contribution >= 4 is 0 Å². The summed E-state index contributed by atoms with van der Waals surface area (Å²) >= 11 is 0. The lowest BCUT2D eigenvalue weighted by molar-refractivity contribution is 0.519. The Morgan fingerprint density at radius 2 is 2.00 bits per heavy atom. The molecule has 0 saturated carbocycles. The second-order valence-corrected chi connectivity index (χ2v) is 4.39. The fourth-order valence-corrected chi connectivity index (χ4v) is 1.57. The third kappa shape index (κ3) is 3.23. The summed E-state index contributed by atoms with van der Waals surface area (Å²) in [5.41, 5.74) is 5.73. The summed E-state index contributed by atoms with van der Waals surface area (Å²) in [5.74, 6) is 0. The van der Waals surface area contributed by atoms with Crippen molar-refractivity contribution in [3.63, 3.8) is 0 Å². The molecule has 1 rings (SSSR count). The molecular weight excluding hydrogens is 190 g/mol. The highest BCUT2D eigenvalue weighted by molar-refractivity contribution is 4.83. The Morgan fingerprint density at radius 3 is 2.47 bits per heavy atom. The molecule has 1 heterocycles. The third-order valence-corrected chi connectivity index (χ3v) is 2.49. The van der Waals surface area contributed by atoms with Gasteiger partial charge in [-0.1, -0.05) is 0 Å². The normalized spacial score (nSPS) is 13.4. The highest BCUT2D eigenvalue weighted by atomic mass is 16.1. The second kappa shape index (κ2) is 5.16. The van der Waals surface area contributed by atoms with Gasteiger partial charge in [-0.15, -0.1) is 0 Å². The average Bonchev–Trinajstić information content (AvgIpc) is 2.47. The number of rotatable bonds is 5. The minimum Gasteiger partial charge on any atom is -0.328 e. The molecule has 0 saturated heterocycles. The van der Waals surface area contributed by atoms with Crippen LogP contribution in [-0.4, -0.2) is 15.2 Å². The Hall–Kier alpha value is -1.03. The highest BCUT2D eigenvalue weighted by Crippen LogP contribution is 2.01. The minimum atomic E-state index is 0.0784. The van der Waals surface area contributed by atoms with Crippen molar-refractivity contribution in [2.24, 2.45) is 5.73 Å². The van der Waals surface area contributed by atoms with Crippen LogP contribution in [-0.2, 0) is 6.54 Å². The van der Waals surface area contributed by atoms with Crippen LogP contribution in [0.15, 0.2) is 17.2 Å². The number of aryl methyl sites for hydroxylation is 1. The first-order chi connectivity index (χ1) is 7.02. The van der Waals surface area contributed by atoms with E-state index in [0.717, 1.165) is 19.4 Å². The summed E-state index contributed by atoms with van der Waals surface area (Å²) in [6, 6.07) is 0.445. The summed E-state index contributed by atoms with van der Waals surface area (Å²) in [7, 11) is 0. The molecule has 0 fully saturated rings. The van der Waals surface area contributed by atoms with Crippen molar-refractivity contribution in [2.75, 3.05) is 0 Å². The standard InChI is InChI=1S/C11H21N3O/c1-9(2)14-8-7-13(11(14)15)6-4-5-10(3)12/h7-10H,4-6,12H2,1-3H3. The molecule has 1 atom stereocenters. The van der Waals surface area contributed by atoms with Crippen LogP contribution in [0.4, 0.5) is 0 Å². The van der Waals surface area contributed by atoms with E-state index in [1.807, 2.05) is 33.2 Å². The Morgan fingerprint density at radius 1 is 1.33 bits per heavy atom. The van der Waals surface area contributed by atoms with Crippen LogP contribution in [0.25, 0.3) is 0 Å². The van der Waals surface area contributed by atoms with Gasteiger partial charge in [0.25, 0.3) is 0 Å². The van der Waals surface area contributed by atoms with Crippen molar-refractivity contribution < 1.29 is 0 Å². The molecule has 2 N–H and O–H groups in total. The number of aromatic nitrogens is 2. The van der Waals surface area contributed by atoms with Crippen molar-refractivity contribution in [2.45, 2.75) is 52.2 Å². The van der Waals surface area contributed by atoms with E-state index < -0.39 is 0 Å². The fraction of sp³-hybridized carbons (Fsp3) is 0.727. The van der Waals surface area contributed by atoms with Crippen LogP contribution in [0.1, 0.15) is 39.7 Å². The highest BCUT2D eigenvalue weighted by Gasteiger charge is 2.05. The minimum absolute atomic E-state index is 0.0784. The van der Waals surface area contributed by atoms with Gasteiger partial charge >= 0.3 is 5.69 Å². The first kappa shape index (κ1) is 12.0. The van der Waals surface area contributed by atoms with E-state index in [2.05, 4.69) is 0 Å². The lowest BCUT2D eigenvalue weighted by Crippen LogP contribution is -2.26. The van der Waals surface area contributed by atoms with Gasteiger partial charge in [0, 0.05) is 31.0 Å². The molecule has 1 unspecified atom stereocenters. The van der Waals surface area contributed by atoms with Gasteiger partial charge in [-0.25, -0.2) is 4.79 Å². The quantitative estimate of drug-likeness (QED) is 0.799. The van der Waals surface area contributed by atoms with Crippen molar-refractivity contribution in [3.05, 3.63) is 22.9 Å². The van der Waals surface area contributed by atoms with E-state index in [-0.39, 0.29) is 17.8 Å². The van der Waals surface area contributed by atoms with E-state index in [1.165, 1.54) is 0 Å². The Bertz CT molecular complexity index is 349. The van der Waals surface area contributed by atoms with Crippen LogP contribution in [0, 0.1) is 0 Å². The third-order valence-electron chi connectivity index (χ3n) is 2.49. The van der Waals surface area contributed by atoms with Gasteiger partial charge in [0.05, 0.1) is 0 Å². The van der Waals surface area contributed by atoms with Crippen molar-refractivity contribution in [3.8, 4) is 0 Å². The summed E-state index contributed by atoms with van der Waals surface area (Å²) in [5, 5.41) is 0. The van der Waals surface area contributed by atoms with Gasteiger partial charge in [-0.05, 0) is 33.6 Å². The summed E-state index contributed by atoms with van der Waals surface area (Å²) in [6.07, 6.45) is 5.61. The Balaban J connectivity index is 2.59. The Labute approximate surface area is 90.7 Å². The zero-order valence-corrected chi connectivity index (χ0v) is 9.81. The zero-order valence-electron chi connectivity index (χ0n) is 9.81. The number of hydrogen-bond acceptors (Lipinski definition) is 2. The lowest BCUT2D eigenvalue weighted by atomic mass is 10.2. The molecule has 0 aliphatic rings. The molecule has 1 aromatic heterocycles. The predicted octanol–water partition coefficient (Wildman–Crippen LogP) is 1.36. The van der Waals surface area contributed by atoms with Gasteiger partial charge < -0.3 is 5.73 Å². The van der Waals surface area contributed by atoms with E-state index in [9.17, 15) is 4.79 Å². The van der Waals surface area contributed by atoms with Crippen LogP contribution >= 0.6 is 0 Å². The Kier molecular flexibility index (Phi) is 4.15. The fourth-order valence-electron chi connectivity index (χ4n) is 1.57. The zero-order chi connectivity index (χ0) is 11.4. The number of hydrogen-bond donors (Lipinski definition) is 1. The van der Waals surface area contributed by atoms with Crippen LogP contribution in [0.3, 0.4) is 0 Å². The van der Waals surface area contributed by atoms with Gasteiger partial charge in [0.1, 0.15) is 0 Å². The van der Waals surface area contributed by atoms with E-state index in [1.54, 1.807) is 9.13 Å². The molecule has 0 aromatic carbocycles. The predicted molar refractivity (Wildman–Crippen MR) is 62.0 cm³/mol.